The summed E-state index contributed by atoms with van der Waals surface area (Å²) in [5, 5.41) is 9.33. The van der Waals surface area contributed by atoms with Crippen LogP contribution in [0, 0.1) is 5.92 Å². The van der Waals surface area contributed by atoms with Gasteiger partial charge in [0.1, 0.15) is 19.3 Å². The van der Waals surface area contributed by atoms with Crippen LogP contribution in [0.1, 0.15) is 6.92 Å². The summed E-state index contributed by atoms with van der Waals surface area (Å²) in [4.78, 5) is 22.1. The first kappa shape index (κ1) is 12.1. The van der Waals surface area contributed by atoms with Crippen LogP contribution in [0.4, 0.5) is 0 Å². The van der Waals surface area contributed by atoms with Crippen LogP contribution >= 0.6 is 0 Å². The van der Waals surface area contributed by atoms with Gasteiger partial charge in [-0.2, -0.15) is 0 Å². The van der Waals surface area contributed by atoms with E-state index in [0.717, 1.165) is 0 Å². The molecule has 2 saturated heterocycles. The Morgan fingerprint density at radius 1 is 1.65 bits per heavy atom. The van der Waals surface area contributed by atoms with E-state index in [0.29, 0.717) is 0 Å². The van der Waals surface area contributed by atoms with Crippen molar-refractivity contribution in [2.45, 2.75) is 25.2 Å². The molecule has 17 heavy (non-hydrogen) atoms. The quantitative estimate of drug-likeness (QED) is 0.403. The second-order valence-corrected chi connectivity index (χ2v) is 4.13. The Kier molecular flexibility index (Phi) is 3.44. The molecule has 2 aliphatic rings. The average molecular weight is 242 g/mol. The minimum absolute atomic E-state index is 0.00969. The standard InChI is InChI=1S/C11H14O6/c1-6-8(17-6)2-3-9(12)15-4-7-5-16-11(14)10(7)13/h2-3,6-8,10,13H,4-5H2,1H3/b3-2+/t6?,7-,8?,10-/m1/s1. The maximum atomic E-state index is 11.3. The van der Waals surface area contributed by atoms with Crippen LogP contribution in [-0.4, -0.2) is 48.6 Å². The Bertz CT molecular complexity index is 350. The van der Waals surface area contributed by atoms with Crippen LogP contribution in [0.15, 0.2) is 12.2 Å². The highest BCUT2D eigenvalue weighted by molar-refractivity contribution is 5.82. The molecule has 4 atom stereocenters. The summed E-state index contributed by atoms with van der Waals surface area (Å²) >= 11 is 0. The molecular formula is C11H14O6. The van der Waals surface area contributed by atoms with Crippen molar-refractivity contribution >= 4 is 11.9 Å². The molecule has 2 fully saturated rings. The number of epoxide rings is 1. The van der Waals surface area contributed by atoms with Gasteiger partial charge in [0, 0.05) is 6.08 Å². The lowest BCUT2D eigenvalue weighted by molar-refractivity contribution is -0.146. The topological polar surface area (TPSA) is 85.4 Å². The summed E-state index contributed by atoms with van der Waals surface area (Å²) < 4.78 is 14.6. The molecule has 6 nitrogen and oxygen atoms in total. The van der Waals surface area contributed by atoms with E-state index in [2.05, 4.69) is 4.74 Å². The first-order valence-electron chi connectivity index (χ1n) is 5.43. The molecule has 0 aromatic rings. The first-order chi connectivity index (χ1) is 8.08. The summed E-state index contributed by atoms with van der Waals surface area (Å²) in [7, 11) is 0. The van der Waals surface area contributed by atoms with Gasteiger partial charge in [0.25, 0.3) is 0 Å². The second kappa shape index (κ2) is 4.85. The van der Waals surface area contributed by atoms with Gasteiger partial charge in [-0.3, -0.25) is 0 Å². The molecule has 2 unspecified atom stereocenters. The molecule has 0 aromatic carbocycles. The lowest BCUT2D eigenvalue weighted by atomic mass is 10.1. The molecule has 0 radical (unpaired) electrons. The second-order valence-electron chi connectivity index (χ2n) is 4.13. The summed E-state index contributed by atoms with van der Waals surface area (Å²) in [6, 6.07) is 0. The Morgan fingerprint density at radius 3 is 2.88 bits per heavy atom. The average Bonchev–Trinajstić information content (AvgIpc) is 2.92. The van der Waals surface area contributed by atoms with E-state index in [4.69, 9.17) is 9.47 Å². The predicted molar refractivity (Wildman–Crippen MR) is 54.9 cm³/mol. The van der Waals surface area contributed by atoms with Gasteiger partial charge in [-0.05, 0) is 13.0 Å². The minimum Gasteiger partial charge on any atom is -0.463 e. The predicted octanol–water partition coefficient (Wildman–Crippen LogP) is -0.593. The number of hydrogen-bond donors (Lipinski definition) is 1. The highest BCUT2D eigenvalue weighted by Gasteiger charge is 2.36. The largest absolute Gasteiger partial charge is 0.463 e. The van der Waals surface area contributed by atoms with Crippen LogP contribution in [0.5, 0.6) is 0 Å². The van der Waals surface area contributed by atoms with Crippen LogP contribution in [0.3, 0.4) is 0 Å². The molecule has 2 aliphatic heterocycles. The monoisotopic (exact) mass is 242 g/mol. The Morgan fingerprint density at radius 2 is 2.35 bits per heavy atom. The molecule has 0 saturated carbocycles. The minimum atomic E-state index is -1.20. The SMILES string of the molecule is CC1OC1/C=C/C(=O)OC[C@@H]1COC(=O)[C@@H]1O. The van der Waals surface area contributed by atoms with Gasteiger partial charge >= 0.3 is 11.9 Å². The lowest BCUT2D eigenvalue weighted by Crippen LogP contribution is -2.26. The van der Waals surface area contributed by atoms with Gasteiger partial charge in [-0.15, -0.1) is 0 Å². The van der Waals surface area contributed by atoms with Crippen LogP contribution < -0.4 is 0 Å². The van der Waals surface area contributed by atoms with Gasteiger partial charge in [0.2, 0.25) is 0 Å². The number of carbonyl (C=O) groups is 2. The van der Waals surface area contributed by atoms with Gasteiger partial charge in [-0.25, -0.2) is 9.59 Å². The fourth-order valence-corrected chi connectivity index (χ4v) is 1.51. The highest BCUT2D eigenvalue weighted by Crippen LogP contribution is 2.22. The normalized spacial score (nSPS) is 36.0. The number of carbonyl (C=O) groups excluding carboxylic acids is 2. The fraction of sp³-hybridized carbons (Fsp3) is 0.636. The van der Waals surface area contributed by atoms with Crippen molar-refractivity contribution in [1.82, 2.24) is 0 Å². The van der Waals surface area contributed by atoms with E-state index in [1.807, 2.05) is 6.92 Å². The number of rotatable bonds is 4. The number of aliphatic hydroxyl groups is 1. The molecule has 1 N–H and O–H groups in total. The van der Waals surface area contributed by atoms with Crippen molar-refractivity contribution in [2.75, 3.05) is 13.2 Å². The molecule has 0 aliphatic carbocycles. The van der Waals surface area contributed by atoms with Crippen molar-refractivity contribution in [1.29, 1.82) is 0 Å². The lowest BCUT2D eigenvalue weighted by Gasteiger charge is -2.09. The van der Waals surface area contributed by atoms with E-state index in [1.165, 1.54) is 6.08 Å². The van der Waals surface area contributed by atoms with Gasteiger partial charge < -0.3 is 19.3 Å². The Labute approximate surface area is 98.1 Å². The molecule has 94 valence electrons. The third kappa shape index (κ3) is 3.04. The zero-order valence-corrected chi connectivity index (χ0v) is 9.37. The Balaban J connectivity index is 1.69. The number of hydrogen-bond acceptors (Lipinski definition) is 6. The van der Waals surface area contributed by atoms with Gasteiger partial charge in [0.05, 0.1) is 12.0 Å². The van der Waals surface area contributed by atoms with E-state index in [1.54, 1.807) is 6.08 Å². The van der Waals surface area contributed by atoms with Crippen LogP contribution in [0.25, 0.3) is 0 Å². The fourth-order valence-electron chi connectivity index (χ4n) is 1.51. The zero-order valence-electron chi connectivity index (χ0n) is 9.37. The molecule has 0 amide bonds. The number of ether oxygens (including phenoxy) is 3. The highest BCUT2D eigenvalue weighted by atomic mass is 16.6. The molecule has 2 rings (SSSR count). The number of aliphatic hydroxyl groups excluding tert-OH is 1. The smallest absolute Gasteiger partial charge is 0.335 e. The zero-order chi connectivity index (χ0) is 12.4. The van der Waals surface area contributed by atoms with Crippen molar-refractivity contribution in [3.8, 4) is 0 Å². The molecular weight excluding hydrogens is 228 g/mol. The van der Waals surface area contributed by atoms with Gasteiger partial charge in [-0.1, -0.05) is 0 Å². The molecule has 0 spiro atoms. The Hall–Kier alpha value is -1.40. The van der Waals surface area contributed by atoms with E-state index < -0.39 is 24.0 Å². The first-order valence-corrected chi connectivity index (χ1v) is 5.43. The summed E-state index contributed by atoms with van der Waals surface area (Å²) in [5.41, 5.74) is 0. The summed E-state index contributed by atoms with van der Waals surface area (Å²) in [5.74, 6) is -1.66. The maximum absolute atomic E-state index is 11.3. The van der Waals surface area contributed by atoms with Crippen molar-refractivity contribution in [3.05, 3.63) is 12.2 Å². The number of cyclic esters (lactones) is 1. The molecule has 0 aromatic heterocycles. The van der Waals surface area contributed by atoms with Gasteiger partial charge in [0.15, 0.2) is 6.10 Å². The van der Waals surface area contributed by atoms with E-state index in [9.17, 15) is 14.7 Å². The van der Waals surface area contributed by atoms with Crippen LogP contribution in [0.2, 0.25) is 0 Å². The van der Waals surface area contributed by atoms with Crippen molar-refractivity contribution in [3.63, 3.8) is 0 Å². The summed E-state index contributed by atoms with van der Waals surface area (Å²) in [6.07, 6.45) is 1.86. The van der Waals surface area contributed by atoms with E-state index in [-0.39, 0.29) is 25.4 Å². The third-order valence-electron chi connectivity index (χ3n) is 2.75. The van der Waals surface area contributed by atoms with Crippen LogP contribution in [-0.2, 0) is 23.8 Å². The third-order valence-corrected chi connectivity index (χ3v) is 2.75. The maximum Gasteiger partial charge on any atom is 0.335 e. The van der Waals surface area contributed by atoms with Crippen molar-refractivity contribution < 1.29 is 28.9 Å². The molecule has 0 bridgehead atoms. The molecule has 2 heterocycles. The number of esters is 2. The molecule has 6 heteroatoms. The van der Waals surface area contributed by atoms with E-state index >= 15 is 0 Å². The van der Waals surface area contributed by atoms with Crippen molar-refractivity contribution in [2.24, 2.45) is 5.92 Å². The summed E-state index contributed by atoms with van der Waals surface area (Å²) in [6.45, 7) is 1.95.